The highest BCUT2D eigenvalue weighted by Gasteiger charge is 2.08. The molecule has 0 bridgehead atoms. The van der Waals surface area contributed by atoms with Crippen molar-refractivity contribution >= 4 is 17.5 Å². The number of hydrogen-bond acceptors (Lipinski definition) is 4. The van der Waals surface area contributed by atoms with E-state index in [1.807, 2.05) is 43.3 Å². The minimum absolute atomic E-state index is 0.227. The topological polar surface area (TPSA) is 66.9 Å². The molecular formula is C20H20N4O. The van der Waals surface area contributed by atoms with Crippen LogP contribution in [0.2, 0.25) is 0 Å². The van der Waals surface area contributed by atoms with Crippen LogP contribution in [-0.4, -0.2) is 15.9 Å². The zero-order valence-electron chi connectivity index (χ0n) is 14.3. The molecule has 25 heavy (non-hydrogen) atoms. The summed E-state index contributed by atoms with van der Waals surface area (Å²) in [5, 5.41) is 6.00. The quantitative estimate of drug-likeness (QED) is 0.742. The van der Waals surface area contributed by atoms with E-state index in [1.54, 1.807) is 0 Å². The maximum Gasteiger partial charge on any atom is 0.258 e. The lowest BCUT2D eigenvalue weighted by Gasteiger charge is -2.08. The number of nitrogens with one attached hydrogen (secondary N) is 2. The second-order valence-corrected chi connectivity index (χ2v) is 5.90. The standard InChI is InChI=1S/C20H20N4O/c1-14-7-9-18(10-8-14)24-19(25)17-12-22-20(23-13-17)21-11-16-6-4-3-5-15(16)2/h3-10,12-13H,11H2,1-2H3,(H,24,25)(H,21,22,23). The first-order valence-electron chi connectivity index (χ1n) is 8.10. The number of aromatic nitrogens is 2. The van der Waals surface area contributed by atoms with Crippen LogP contribution in [-0.2, 0) is 6.54 Å². The first-order chi connectivity index (χ1) is 12.1. The van der Waals surface area contributed by atoms with Gasteiger partial charge in [0.2, 0.25) is 5.95 Å². The summed E-state index contributed by atoms with van der Waals surface area (Å²) in [6.45, 7) is 4.71. The summed E-state index contributed by atoms with van der Waals surface area (Å²) in [7, 11) is 0. The van der Waals surface area contributed by atoms with E-state index < -0.39 is 0 Å². The average molecular weight is 332 g/mol. The predicted octanol–water partition coefficient (Wildman–Crippen LogP) is 3.96. The van der Waals surface area contributed by atoms with Gasteiger partial charge in [-0.1, -0.05) is 42.0 Å². The minimum Gasteiger partial charge on any atom is -0.350 e. The number of amides is 1. The summed E-state index contributed by atoms with van der Waals surface area (Å²) in [6.07, 6.45) is 3.05. The third-order valence-electron chi connectivity index (χ3n) is 3.92. The van der Waals surface area contributed by atoms with Gasteiger partial charge in [-0.05, 0) is 37.1 Å². The SMILES string of the molecule is Cc1ccc(NC(=O)c2cnc(NCc3ccccc3C)nc2)cc1. The number of benzene rings is 2. The molecule has 0 saturated carbocycles. The van der Waals surface area contributed by atoms with Gasteiger partial charge in [-0.15, -0.1) is 0 Å². The number of anilines is 2. The number of hydrogen-bond donors (Lipinski definition) is 2. The van der Waals surface area contributed by atoms with Crippen molar-refractivity contribution in [2.75, 3.05) is 10.6 Å². The number of rotatable bonds is 5. The molecule has 1 amide bonds. The molecule has 0 unspecified atom stereocenters. The molecule has 0 fully saturated rings. The van der Waals surface area contributed by atoms with Gasteiger partial charge in [0.25, 0.3) is 5.91 Å². The summed E-state index contributed by atoms with van der Waals surface area (Å²) in [6, 6.07) is 15.8. The van der Waals surface area contributed by atoms with Crippen LogP contribution >= 0.6 is 0 Å². The molecule has 0 saturated heterocycles. The summed E-state index contributed by atoms with van der Waals surface area (Å²) < 4.78 is 0. The third kappa shape index (κ3) is 4.41. The number of carbonyl (C=O) groups excluding carboxylic acids is 1. The van der Waals surface area contributed by atoms with Crippen molar-refractivity contribution in [3.63, 3.8) is 0 Å². The first-order valence-corrected chi connectivity index (χ1v) is 8.10. The number of aryl methyl sites for hydroxylation is 2. The molecule has 0 radical (unpaired) electrons. The summed E-state index contributed by atoms with van der Waals surface area (Å²) in [4.78, 5) is 20.7. The molecule has 0 aliphatic carbocycles. The van der Waals surface area contributed by atoms with E-state index in [0.29, 0.717) is 18.1 Å². The fraction of sp³-hybridized carbons (Fsp3) is 0.150. The molecule has 2 aromatic carbocycles. The van der Waals surface area contributed by atoms with Gasteiger partial charge in [-0.25, -0.2) is 9.97 Å². The molecule has 5 heteroatoms. The van der Waals surface area contributed by atoms with Crippen LogP contribution in [0.1, 0.15) is 27.0 Å². The van der Waals surface area contributed by atoms with E-state index in [1.165, 1.54) is 23.5 Å². The van der Waals surface area contributed by atoms with Gasteiger partial charge in [0, 0.05) is 24.6 Å². The Labute approximate surface area is 147 Å². The van der Waals surface area contributed by atoms with Crippen molar-refractivity contribution in [1.29, 1.82) is 0 Å². The van der Waals surface area contributed by atoms with Crippen molar-refractivity contribution in [1.82, 2.24) is 9.97 Å². The number of nitrogens with zero attached hydrogens (tertiary/aromatic N) is 2. The molecule has 2 N–H and O–H groups in total. The fourth-order valence-corrected chi connectivity index (χ4v) is 2.36. The van der Waals surface area contributed by atoms with Crippen LogP contribution in [0.3, 0.4) is 0 Å². The van der Waals surface area contributed by atoms with Crippen molar-refractivity contribution in [3.05, 3.63) is 83.2 Å². The molecule has 0 aliphatic heterocycles. The Morgan fingerprint density at radius 1 is 0.960 bits per heavy atom. The second kappa shape index (κ2) is 7.57. The van der Waals surface area contributed by atoms with E-state index in [4.69, 9.17) is 0 Å². The first kappa shape index (κ1) is 16.6. The normalized spacial score (nSPS) is 10.3. The molecule has 0 spiro atoms. The van der Waals surface area contributed by atoms with Gasteiger partial charge in [0.1, 0.15) is 0 Å². The molecule has 5 nitrogen and oxygen atoms in total. The molecular weight excluding hydrogens is 312 g/mol. The van der Waals surface area contributed by atoms with Crippen LogP contribution in [0, 0.1) is 13.8 Å². The molecule has 1 heterocycles. The van der Waals surface area contributed by atoms with Crippen LogP contribution in [0.25, 0.3) is 0 Å². The van der Waals surface area contributed by atoms with E-state index in [-0.39, 0.29) is 5.91 Å². The van der Waals surface area contributed by atoms with Crippen LogP contribution in [0.15, 0.2) is 60.9 Å². The fourth-order valence-electron chi connectivity index (χ4n) is 2.36. The van der Waals surface area contributed by atoms with Gasteiger partial charge in [-0.3, -0.25) is 4.79 Å². The zero-order valence-corrected chi connectivity index (χ0v) is 14.3. The Balaban J connectivity index is 1.60. The molecule has 0 atom stereocenters. The van der Waals surface area contributed by atoms with Crippen molar-refractivity contribution in [2.45, 2.75) is 20.4 Å². The molecule has 0 aliphatic rings. The van der Waals surface area contributed by atoms with E-state index >= 15 is 0 Å². The van der Waals surface area contributed by atoms with Crippen molar-refractivity contribution in [2.24, 2.45) is 0 Å². The molecule has 3 aromatic rings. The van der Waals surface area contributed by atoms with Crippen LogP contribution in [0.5, 0.6) is 0 Å². The Morgan fingerprint density at radius 3 is 2.32 bits per heavy atom. The van der Waals surface area contributed by atoms with Crippen molar-refractivity contribution < 1.29 is 4.79 Å². The smallest absolute Gasteiger partial charge is 0.258 e. The highest BCUT2D eigenvalue weighted by atomic mass is 16.1. The van der Waals surface area contributed by atoms with Gasteiger partial charge in [-0.2, -0.15) is 0 Å². The Bertz CT molecular complexity index is 858. The zero-order chi connectivity index (χ0) is 17.6. The monoisotopic (exact) mass is 332 g/mol. The van der Waals surface area contributed by atoms with Crippen LogP contribution in [0.4, 0.5) is 11.6 Å². The second-order valence-electron chi connectivity index (χ2n) is 5.90. The van der Waals surface area contributed by atoms with Crippen molar-refractivity contribution in [3.8, 4) is 0 Å². The van der Waals surface area contributed by atoms with Gasteiger partial charge < -0.3 is 10.6 Å². The molecule has 1 aromatic heterocycles. The maximum absolute atomic E-state index is 12.2. The van der Waals surface area contributed by atoms with Gasteiger partial charge in [0.05, 0.1) is 5.56 Å². The average Bonchev–Trinajstić information content (AvgIpc) is 2.63. The van der Waals surface area contributed by atoms with Gasteiger partial charge in [0.15, 0.2) is 0 Å². The molecule has 3 rings (SSSR count). The lowest BCUT2D eigenvalue weighted by molar-refractivity contribution is 0.102. The number of carbonyl (C=O) groups is 1. The summed E-state index contributed by atoms with van der Waals surface area (Å²) in [5.41, 5.74) is 4.71. The Hall–Kier alpha value is -3.21. The Morgan fingerprint density at radius 2 is 1.64 bits per heavy atom. The summed E-state index contributed by atoms with van der Waals surface area (Å²) >= 11 is 0. The lowest BCUT2D eigenvalue weighted by atomic mass is 10.1. The van der Waals surface area contributed by atoms with E-state index in [0.717, 1.165) is 11.3 Å². The van der Waals surface area contributed by atoms with E-state index in [2.05, 4.69) is 39.7 Å². The maximum atomic E-state index is 12.2. The highest BCUT2D eigenvalue weighted by molar-refractivity contribution is 6.03. The third-order valence-corrected chi connectivity index (χ3v) is 3.92. The van der Waals surface area contributed by atoms with E-state index in [9.17, 15) is 4.79 Å². The highest BCUT2D eigenvalue weighted by Crippen LogP contribution is 2.12. The predicted molar refractivity (Wildman–Crippen MR) is 99.7 cm³/mol. The van der Waals surface area contributed by atoms with Crippen LogP contribution < -0.4 is 10.6 Å². The minimum atomic E-state index is -0.227. The Kier molecular flexibility index (Phi) is 5.04. The molecule has 126 valence electrons. The summed E-state index contributed by atoms with van der Waals surface area (Å²) in [5.74, 6) is 0.268. The lowest BCUT2D eigenvalue weighted by Crippen LogP contribution is -2.13. The largest absolute Gasteiger partial charge is 0.350 e. The van der Waals surface area contributed by atoms with Gasteiger partial charge >= 0.3 is 0 Å².